The Labute approximate surface area is 178 Å². The van der Waals surface area contributed by atoms with Gasteiger partial charge in [0, 0.05) is 20.0 Å². The van der Waals surface area contributed by atoms with Crippen LogP contribution in [-0.4, -0.2) is 52.3 Å². The molecule has 0 bridgehead atoms. The lowest BCUT2D eigenvalue weighted by molar-refractivity contribution is 0.0531. The maximum atomic E-state index is 12.0. The summed E-state index contributed by atoms with van der Waals surface area (Å²) in [6.45, 7) is 6.49. The first-order valence-electron chi connectivity index (χ1n) is 9.58. The first-order chi connectivity index (χ1) is 14.5. The van der Waals surface area contributed by atoms with Gasteiger partial charge in [-0.05, 0) is 32.9 Å². The molecule has 0 saturated carbocycles. The van der Waals surface area contributed by atoms with E-state index < -0.39 is 0 Å². The van der Waals surface area contributed by atoms with Gasteiger partial charge >= 0.3 is 5.97 Å². The zero-order valence-electron chi connectivity index (χ0n) is 17.4. The van der Waals surface area contributed by atoms with Gasteiger partial charge in [0.05, 0.1) is 24.6 Å². The fraction of sp³-hybridized carbons (Fsp3) is 0.421. The van der Waals surface area contributed by atoms with Crippen LogP contribution in [0.15, 0.2) is 27.8 Å². The molecule has 0 fully saturated rings. The van der Waals surface area contributed by atoms with Gasteiger partial charge in [0.1, 0.15) is 15.7 Å². The number of carbonyl (C=O) groups excluding carboxylic acids is 1. The van der Waals surface area contributed by atoms with E-state index in [1.54, 1.807) is 33.2 Å². The van der Waals surface area contributed by atoms with Gasteiger partial charge in [-0.1, -0.05) is 0 Å². The van der Waals surface area contributed by atoms with Gasteiger partial charge in [-0.2, -0.15) is 5.10 Å². The number of aromatic amines is 1. The molecular formula is C19H25N7O3S. The Bertz CT molecular complexity index is 994. The van der Waals surface area contributed by atoms with Gasteiger partial charge < -0.3 is 19.8 Å². The zero-order chi connectivity index (χ0) is 21.5. The summed E-state index contributed by atoms with van der Waals surface area (Å²) < 4.78 is 10.4. The number of aliphatic imine (C=N–C) groups is 1. The number of aromatic nitrogens is 4. The third-order valence-electron chi connectivity index (χ3n) is 4.15. The van der Waals surface area contributed by atoms with E-state index in [4.69, 9.17) is 9.15 Å². The Morgan fingerprint density at radius 3 is 2.97 bits per heavy atom. The Balaban J connectivity index is 1.52. The Morgan fingerprint density at radius 2 is 2.27 bits per heavy atom. The number of carbonyl (C=O) groups is 1. The number of thiazole rings is 1. The minimum Gasteiger partial charge on any atom is -0.462 e. The predicted octanol–water partition coefficient (Wildman–Crippen LogP) is 2.48. The van der Waals surface area contributed by atoms with Crippen molar-refractivity contribution in [1.82, 2.24) is 30.8 Å². The Kier molecular flexibility index (Phi) is 7.17. The molecule has 0 spiro atoms. The Hall–Kier alpha value is -3.21. The van der Waals surface area contributed by atoms with E-state index in [9.17, 15) is 4.79 Å². The number of esters is 1. The average molecular weight is 432 g/mol. The number of hydrogen-bond donors (Lipinski definition) is 3. The highest BCUT2D eigenvalue weighted by Gasteiger charge is 2.20. The summed E-state index contributed by atoms with van der Waals surface area (Å²) in [6.07, 6.45) is 2.22. The highest BCUT2D eigenvalue weighted by atomic mass is 32.1. The summed E-state index contributed by atoms with van der Waals surface area (Å²) in [5, 5.41) is 14.4. The molecule has 3 rings (SSSR count). The van der Waals surface area contributed by atoms with E-state index in [2.05, 4.69) is 35.8 Å². The first-order valence-corrected chi connectivity index (χ1v) is 10.4. The molecule has 0 aliphatic carbocycles. The number of nitrogens with one attached hydrogen (secondary N) is 3. The lowest BCUT2D eigenvalue weighted by Gasteiger charge is -2.15. The largest absolute Gasteiger partial charge is 0.462 e. The third kappa shape index (κ3) is 5.23. The number of H-pyrrole nitrogens is 1. The molecule has 3 aromatic rings. The number of guanidine groups is 1. The van der Waals surface area contributed by atoms with Crippen LogP contribution in [0.1, 0.15) is 46.1 Å². The smallest absolute Gasteiger partial charge is 0.350 e. The monoisotopic (exact) mass is 431 g/mol. The number of aryl methyl sites for hydroxylation is 1. The van der Waals surface area contributed by atoms with Gasteiger partial charge in [-0.15, -0.1) is 11.3 Å². The second kappa shape index (κ2) is 10.0. The maximum Gasteiger partial charge on any atom is 0.350 e. The van der Waals surface area contributed by atoms with Crippen molar-refractivity contribution >= 4 is 23.3 Å². The molecule has 10 nitrogen and oxygen atoms in total. The lowest BCUT2D eigenvalue weighted by Crippen LogP contribution is -2.39. The van der Waals surface area contributed by atoms with Crippen molar-refractivity contribution in [3.8, 4) is 11.6 Å². The molecule has 0 radical (unpaired) electrons. The van der Waals surface area contributed by atoms with Crippen LogP contribution in [-0.2, 0) is 11.2 Å². The summed E-state index contributed by atoms with van der Waals surface area (Å²) in [7, 11) is 1.70. The third-order valence-corrected chi connectivity index (χ3v) is 5.47. The molecule has 30 heavy (non-hydrogen) atoms. The van der Waals surface area contributed by atoms with Gasteiger partial charge in [-0.25, -0.2) is 14.8 Å². The second-order valence-corrected chi connectivity index (χ2v) is 7.42. The van der Waals surface area contributed by atoms with Crippen LogP contribution in [0.4, 0.5) is 0 Å². The topological polar surface area (TPSA) is 130 Å². The van der Waals surface area contributed by atoms with E-state index in [0.717, 1.165) is 10.8 Å². The maximum absolute atomic E-state index is 12.0. The van der Waals surface area contributed by atoms with Crippen LogP contribution in [0, 0.1) is 6.92 Å². The van der Waals surface area contributed by atoms with Crippen molar-refractivity contribution in [2.75, 3.05) is 20.2 Å². The van der Waals surface area contributed by atoms with Gasteiger partial charge in [0.15, 0.2) is 11.7 Å². The van der Waals surface area contributed by atoms with Gasteiger partial charge in [0.25, 0.3) is 0 Å². The number of hydrogen-bond acceptors (Lipinski definition) is 8. The van der Waals surface area contributed by atoms with Crippen LogP contribution in [0.3, 0.4) is 0 Å². The molecule has 0 saturated heterocycles. The summed E-state index contributed by atoms with van der Waals surface area (Å²) >= 11 is 1.33. The normalized spacial score (nSPS) is 12.6. The van der Waals surface area contributed by atoms with Crippen molar-refractivity contribution in [3.63, 3.8) is 0 Å². The van der Waals surface area contributed by atoms with Crippen molar-refractivity contribution in [1.29, 1.82) is 0 Å². The van der Waals surface area contributed by atoms with E-state index in [1.807, 2.05) is 13.0 Å². The van der Waals surface area contributed by atoms with E-state index >= 15 is 0 Å². The van der Waals surface area contributed by atoms with E-state index in [1.165, 1.54) is 11.3 Å². The number of ether oxygens (including phenoxy) is 1. The van der Waals surface area contributed by atoms with E-state index in [0.29, 0.717) is 47.7 Å². The van der Waals surface area contributed by atoms with Gasteiger partial charge in [0.2, 0.25) is 5.82 Å². The molecule has 160 valence electrons. The van der Waals surface area contributed by atoms with Crippen molar-refractivity contribution < 1.29 is 13.9 Å². The molecule has 11 heteroatoms. The lowest BCUT2D eigenvalue weighted by atomic mass is 10.3. The number of rotatable bonds is 8. The molecular weight excluding hydrogens is 406 g/mol. The van der Waals surface area contributed by atoms with Crippen LogP contribution in [0.25, 0.3) is 11.6 Å². The average Bonchev–Trinajstić information content (AvgIpc) is 3.47. The molecule has 3 heterocycles. The molecule has 0 amide bonds. The molecule has 1 unspecified atom stereocenters. The first kappa shape index (κ1) is 21.5. The van der Waals surface area contributed by atoms with Crippen molar-refractivity contribution in [3.05, 3.63) is 39.8 Å². The summed E-state index contributed by atoms with van der Waals surface area (Å²) in [5.74, 6) is 2.18. The van der Waals surface area contributed by atoms with Gasteiger partial charge in [-0.3, -0.25) is 10.1 Å². The fourth-order valence-corrected chi connectivity index (χ4v) is 3.64. The van der Waals surface area contributed by atoms with Crippen LogP contribution >= 0.6 is 11.3 Å². The zero-order valence-corrected chi connectivity index (χ0v) is 18.2. The highest BCUT2D eigenvalue weighted by molar-refractivity contribution is 7.13. The number of furan rings is 1. The molecule has 0 aliphatic rings. The molecule has 3 N–H and O–H groups in total. The SMILES string of the molecule is CCOC(=O)c1sc(C(C)NC(=NC)NCCc2nc(-c3ccco3)n[nH]2)nc1C. The van der Waals surface area contributed by atoms with Crippen LogP contribution in [0.2, 0.25) is 0 Å². The summed E-state index contributed by atoms with van der Waals surface area (Å²) in [4.78, 5) is 25.7. The molecule has 3 aromatic heterocycles. The second-order valence-electron chi connectivity index (χ2n) is 6.39. The Morgan fingerprint density at radius 1 is 1.43 bits per heavy atom. The molecule has 0 aliphatic heterocycles. The van der Waals surface area contributed by atoms with Crippen LogP contribution < -0.4 is 10.6 Å². The fourth-order valence-electron chi connectivity index (χ4n) is 2.67. The minimum absolute atomic E-state index is 0.126. The van der Waals surface area contributed by atoms with Crippen molar-refractivity contribution in [2.24, 2.45) is 4.99 Å². The summed E-state index contributed by atoms with van der Waals surface area (Å²) in [6, 6.07) is 3.48. The molecule has 1 atom stereocenters. The number of nitrogens with zero attached hydrogens (tertiary/aromatic N) is 4. The highest BCUT2D eigenvalue weighted by Crippen LogP contribution is 2.24. The van der Waals surface area contributed by atoms with Crippen molar-refractivity contribution in [2.45, 2.75) is 33.2 Å². The molecule has 0 aromatic carbocycles. The summed E-state index contributed by atoms with van der Waals surface area (Å²) in [5.41, 5.74) is 0.669. The van der Waals surface area contributed by atoms with Crippen LogP contribution in [0.5, 0.6) is 0 Å². The minimum atomic E-state index is -0.338. The van der Waals surface area contributed by atoms with E-state index in [-0.39, 0.29) is 12.0 Å². The standard InChI is InChI=1S/C19H25N7O3S/c1-5-28-18(27)15-11(2)22-17(30-15)12(3)23-19(20-4)21-9-8-14-24-16(26-25-14)13-7-6-10-29-13/h6-7,10,12H,5,8-9H2,1-4H3,(H2,20,21,23)(H,24,25,26). The quantitative estimate of drug-likeness (QED) is 0.282. The predicted molar refractivity (Wildman–Crippen MR) is 114 cm³/mol.